The summed E-state index contributed by atoms with van der Waals surface area (Å²) in [7, 11) is 0. The van der Waals surface area contributed by atoms with E-state index in [9.17, 15) is 10.0 Å². The largest absolute Gasteiger partial charge is 0.359 e. The summed E-state index contributed by atoms with van der Waals surface area (Å²) in [5.41, 5.74) is 6.70. The van der Waals surface area contributed by atoms with Gasteiger partial charge in [0.2, 0.25) is 5.78 Å². The second kappa shape index (κ2) is 5.22. The van der Waals surface area contributed by atoms with Crippen LogP contribution >= 0.6 is 11.8 Å². The highest BCUT2D eigenvalue weighted by Gasteiger charge is 2.24. The Labute approximate surface area is 112 Å². The average Bonchev–Trinajstić information content (AvgIpc) is 2.65. The highest BCUT2D eigenvalue weighted by atomic mass is 32.2. The number of aromatic nitrogens is 4. The predicted octanol–water partition coefficient (Wildman–Crippen LogP) is 0.272. The topological polar surface area (TPSA) is 122 Å². The molecule has 8 nitrogen and oxygen atoms in total. The molecule has 2 rings (SSSR count). The fourth-order valence-corrected chi connectivity index (χ4v) is 2.27. The standard InChI is InChI=1S/C10H11N5O3S/c1-5-3-6(2)13-10(12-5)19-4-7(16)8-9(11)14-18-15(8)17/h3H,4H2,1-2H3,(H2,11,14). The molecule has 2 heterocycles. The van der Waals surface area contributed by atoms with Crippen LogP contribution in [0.4, 0.5) is 5.82 Å². The fraction of sp³-hybridized carbons (Fsp3) is 0.300. The Morgan fingerprint density at radius 3 is 2.63 bits per heavy atom. The summed E-state index contributed by atoms with van der Waals surface area (Å²) in [6, 6.07) is 1.83. The van der Waals surface area contributed by atoms with Crippen LogP contribution in [0, 0.1) is 19.1 Å². The van der Waals surface area contributed by atoms with Gasteiger partial charge in [0.05, 0.1) is 10.9 Å². The Bertz CT molecular complexity index is 588. The van der Waals surface area contributed by atoms with Crippen LogP contribution in [0.3, 0.4) is 0 Å². The van der Waals surface area contributed by atoms with Gasteiger partial charge in [-0.05, 0) is 24.8 Å². The van der Waals surface area contributed by atoms with E-state index in [2.05, 4.69) is 19.8 Å². The van der Waals surface area contributed by atoms with E-state index in [1.807, 2.05) is 19.9 Å². The molecule has 0 fully saturated rings. The zero-order valence-corrected chi connectivity index (χ0v) is 11.1. The van der Waals surface area contributed by atoms with E-state index in [-0.39, 0.29) is 22.2 Å². The molecule has 2 aromatic heterocycles. The van der Waals surface area contributed by atoms with Crippen molar-refractivity contribution in [1.29, 1.82) is 0 Å². The SMILES string of the molecule is Cc1cc(C)nc(SCC(=O)c2c(N)no[n+]2[O-])n1. The number of Topliss-reactive ketones (excluding diaryl/α,β-unsaturated/α-hetero) is 1. The molecule has 9 heteroatoms. The lowest BCUT2D eigenvalue weighted by atomic mass is 10.3. The van der Waals surface area contributed by atoms with E-state index < -0.39 is 5.78 Å². The zero-order chi connectivity index (χ0) is 14.0. The number of hydrogen-bond acceptors (Lipinski definition) is 8. The molecule has 0 saturated carbocycles. The first kappa shape index (κ1) is 13.3. The number of carbonyl (C=O) groups is 1. The Hall–Kier alpha value is -2.16. The molecular weight excluding hydrogens is 270 g/mol. The molecule has 0 aromatic carbocycles. The summed E-state index contributed by atoms with van der Waals surface area (Å²) in [5, 5.41) is 14.8. The Morgan fingerprint density at radius 2 is 2.11 bits per heavy atom. The van der Waals surface area contributed by atoms with Crippen molar-refractivity contribution < 1.29 is 14.3 Å². The molecule has 0 atom stereocenters. The fourth-order valence-electron chi connectivity index (χ4n) is 1.46. The van der Waals surface area contributed by atoms with Crippen molar-refractivity contribution in [1.82, 2.24) is 15.1 Å². The number of nitrogens with zero attached hydrogens (tertiary/aromatic N) is 4. The molecule has 0 aliphatic carbocycles. The van der Waals surface area contributed by atoms with E-state index in [4.69, 9.17) is 5.73 Å². The van der Waals surface area contributed by atoms with Gasteiger partial charge in [-0.3, -0.25) is 9.42 Å². The number of anilines is 1. The lowest BCUT2D eigenvalue weighted by molar-refractivity contribution is -0.803. The van der Waals surface area contributed by atoms with Gasteiger partial charge >= 0.3 is 5.82 Å². The Morgan fingerprint density at radius 1 is 1.47 bits per heavy atom. The van der Waals surface area contributed by atoms with Crippen molar-refractivity contribution in [3.05, 3.63) is 28.4 Å². The normalized spacial score (nSPS) is 10.6. The van der Waals surface area contributed by atoms with Crippen molar-refractivity contribution in [3.63, 3.8) is 0 Å². The first-order chi connectivity index (χ1) is 8.97. The van der Waals surface area contributed by atoms with Gasteiger partial charge in [-0.25, -0.2) is 9.97 Å². The van der Waals surface area contributed by atoms with Crippen LogP contribution in [0.1, 0.15) is 21.9 Å². The van der Waals surface area contributed by atoms with Crippen molar-refractivity contribution >= 4 is 23.4 Å². The summed E-state index contributed by atoms with van der Waals surface area (Å²) in [5.74, 6) is -0.722. The van der Waals surface area contributed by atoms with Crippen LogP contribution in [-0.4, -0.2) is 26.7 Å². The highest BCUT2D eigenvalue weighted by Crippen LogP contribution is 2.16. The van der Waals surface area contributed by atoms with Crippen LogP contribution in [-0.2, 0) is 0 Å². The van der Waals surface area contributed by atoms with Crippen LogP contribution in [0.15, 0.2) is 15.9 Å². The van der Waals surface area contributed by atoms with Gasteiger partial charge in [0.1, 0.15) is 0 Å². The highest BCUT2D eigenvalue weighted by molar-refractivity contribution is 7.99. The van der Waals surface area contributed by atoms with Crippen LogP contribution in [0.2, 0.25) is 0 Å². The van der Waals surface area contributed by atoms with E-state index in [0.29, 0.717) is 5.16 Å². The van der Waals surface area contributed by atoms with Gasteiger partial charge in [-0.2, -0.15) is 0 Å². The molecule has 0 amide bonds. The number of ketones is 1. The molecule has 0 aliphatic heterocycles. The molecule has 100 valence electrons. The van der Waals surface area contributed by atoms with E-state index in [0.717, 1.165) is 23.1 Å². The number of carbonyl (C=O) groups excluding carboxylic acids is 1. The van der Waals surface area contributed by atoms with Crippen LogP contribution in [0.25, 0.3) is 0 Å². The van der Waals surface area contributed by atoms with E-state index >= 15 is 0 Å². The predicted molar refractivity (Wildman–Crippen MR) is 66.4 cm³/mol. The minimum atomic E-state index is -0.485. The molecule has 0 radical (unpaired) electrons. The molecule has 2 aromatic rings. The maximum absolute atomic E-state index is 11.8. The number of rotatable bonds is 4. The molecule has 0 aliphatic rings. The molecular formula is C10H11N5O3S. The molecule has 2 N–H and O–H groups in total. The lowest BCUT2D eigenvalue weighted by Gasteiger charge is -2.01. The Balaban J connectivity index is 2.09. The van der Waals surface area contributed by atoms with Crippen LogP contribution < -0.4 is 10.6 Å². The zero-order valence-electron chi connectivity index (χ0n) is 10.3. The minimum absolute atomic E-state index is 0.000573. The summed E-state index contributed by atoms with van der Waals surface area (Å²) in [6.45, 7) is 3.67. The van der Waals surface area contributed by atoms with Crippen molar-refractivity contribution in [3.8, 4) is 0 Å². The second-order valence-electron chi connectivity index (χ2n) is 3.81. The van der Waals surface area contributed by atoms with Gasteiger partial charge in [0.25, 0.3) is 5.69 Å². The average molecular weight is 281 g/mol. The third-order valence-electron chi connectivity index (χ3n) is 2.20. The molecule has 19 heavy (non-hydrogen) atoms. The van der Waals surface area contributed by atoms with Crippen molar-refractivity contribution in [2.24, 2.45) is 0 Å². The van der Waals surface area contributed by atoms with Gasteiger partial charge in [-0.15, -0.1) is 0 Å². The number of thioether (sulfide) groups is 1. The number of nitrogen functional groups attached to an aromatic ring is 1. The minimum Gasteiger partial charge on any atom is -0.359 e. The van der Waals surface area contributed by atoms with Gasteiger partial charge < -0.3 is 10.9 Å². The number of aryl methyl sites for hydroxylation is 2. The molecule has 0 saturated heterocycles. The first-order valence-electron chi connectivity index (χ1n) is 5.31. The third kappa shape index (κ3) is 2.99. The van der Waals surface area contributed by atoms with E-state index in [1.165, 1.54) is 0 Å². The summed E-state index contributed by atoms with van der Waals surface area (Å²) >= 11 is 1.12. The maximum Gasteiger partial charge on any atom is 0.316 e. The smallest absolute Gasteiger partial charge is 0.316 e. The summed E-state index contributed by atoms with van der Waals surface area (Å²) in [4.78, 5) is 20.2. The molecule has 0 unspecified atom stereocenters. The quantitative estimate of drug-likeness (QED) is 0.367. The number of hydrogen-bond donors (Lipinski definition) is 1. The molecule has 0 spiro atoms. The van der Waals surface area contributed by atoms with Gasteiger partial charge in [0, 0.05) is 11.4 Å². The first-order valence-corrected chi connectivity index (χ1v) is 6.29. The second-order valence-corrected chi connectivity index (χ2v) is 4.75. The number of nitrogens with two attached hydrogens (primary N) is 1. The Kier molecular flexibility index (Phi) is 3.65. The van der Waals surface area contributed by atoms with Crippen molar-refractivity contribution in [2.75, 3.05) is 11.5 Å². The monoisotopic (exact) mass is 281 g/mol. The van der Waals surface area contributed by atoms with E-state index in [1.54, 1.807) is 0 Å². The summed E-state index contributed by atoms with van der Waals surface area (Å²) < 4.78 is 4.23. The van der Waals surface area contributed by atoms with Crippen molar-refractivity contribution in [2.45, 2.75) is 19.0 Å². The van der Waals surface area contributed by atoms with Gasteiger partial charge in [-0.1, -0.05) is 11.8 Å². The summed E-state index contributed by atoms with van der Waals surface area (Å²) in [6.07, 6.45) is 0. The maximum atomic E-state index is 11.8. The van der Waals surface area contributed by atoms with Gasteiger partial charge in [0.15, 0.2) is 5.16 Å². The van der Waals surface area contributed by atoms with Crippen LogP contribution in [0.5, 0.6) is 0 Å². The third-order valence-corrected chi connectivity index (χ3v) is 3.04. The lowest BCUT2D eigenvalue weighted by Crippen LogP contribution is -2.32. The molecule has 0 bridgehead atoms.